The number of carbonyl (C=O) groups is 1. The maximum atomic E-state index is 14.4. The first-order valence-electron chi connectivity index (χ1n) is 11.2. The van der Waals surface area contributed by atoms with Crippen LogP contribution in [0.15, 0.2) is 78.5 Å². The van der Waals surface area contributed by atoms with Crippen LogP contribution in [0.4, 0.5) is 4.39 Å². The second-order valence-corrected chi connectivity index (χ2v) is 10.2. The Kier molecular flexibility index (Phi) is 5.54. The highest BCUT2D eigenvalue weighted by molar-refractivity contribution is 7.99. The first kappa shape index (κ1) is 22.8. The highest BCUT2D eigenvalue weighted by Gasteiger charge is 2.40. The van der Waals surface area contributed by atoms with Crippen molar-refractivity contribution in [3.8, 4) is 5.69 Å². The average Bonchev–Trinajstić information content (AvgIpc) is 3.51. The number of aromatic nitrogens is 5. The van der Waals surface area contributed by atoms with Crippen LogP contribution in [-0.4, -0.2) is 36.0 Å². The van der Waals surface area contributed by atoms with E-state index in [2.05, 4.69) is 20.1 Å². The van der Waals surface area contributed by atoms with Gasteiger partial charge < -0.3 is 9.88 Å². The third kappa shape index (κ3) is 3.94. The zero-order valence-corrected chi connectivity index (χ0v) is 20.7. The minimum absolute atomic E-state index is 0.292. The Hall–Kier alpha value is -3.69. The van der Waals surface area contributed by atoms with Crippen molar-refractivity contribution in [2.75, 3.05) is 5.75 Å². The first-order valence-corrected chi connectivity index (χ1v) is 12.6. The van der Waals surface area contributed by atoms with Crippen molar-refractivity contribution in [2.45, 2.75) is 24.2 Å². The summed E-state index contributed by atoms with van der Waals surface area (Å²) in [6.45, 7) is 2.43. The van der Waals surface area contributed by atoms with Crippen molar-refractivity contribution in [2.24, 2.45) is 0 Å². The number of nitrogens with zero attached hydrogens (tertiary/aromatic N) is 5. The van der Waals surface area contributed by atoms with E-state index in [0.29, 0.717) is 28.4 Å². The molecular formula is C26H20ClFN6OS. The summed E-state index contributed by atoms with van der Waals surface area (Å²) < 4.78 is 18.1. The summed E-state index contributed by atoms with van der Waals surface area (Å²) in [5.74, 6) is -0.218. The predicted octanol–water partition coefficient (Wildman–Crippen LogP) is 5.15. The third-order valence-corrected chi connectivity index (χ3v) is 7.91. The Bertz CT molecular complexity index is 1620. The van der Waals surface area contributed by atoms with E-state index in [1.54, 1.807) is 41.5 Å². The Morgan fingerprint density at radius 3 is 2.72 bits per heavy atom. The van der Waals surface area contributed by atoms with Crippen LogP contribution in [0.1, 0.15) is 21.5 Å². The lowest BCUT2D eigenvalue weighted by molar-refractivity contribution is 0.0894. The number of thioether (sulfide) groups is 1. The van der Waals surface area contributed by atoms with Crippen LogP contribution in [0.3, 0.4) is 0 Å². The number of hydrogen-bond donors (Lipinski definition) is 1. The molecule has 0 bridgehead atoms. The Morgan fingerprint density at radius 1 is 1.11 bits per heavy atom. The number of hydrogen-bond acceptors (Lipinski definition) is 5. The molecule has 5 aromatic rings. The van der Waals surface area contributed by atoms with E-state index in [0.717, 1.165) is 27.4 Å². The normalized spacial score (nSPS) is 17.2. The Labute approximate surface area is 215 Å². The zero-order chi connectivity index (χ0) is 24.9. The van der Waals surface area contributed by atoms with Gasteiger partial charge in [0.15, 0.2) is 5.16 Å². The molecular weight excluding hydrogens is 499 g/mol. The monoisotopic (exact) mass is 518 g/mol. The fourth-order valence-electron chi connectivity index (χ4n) is 4.56. The third-order valence-electron chi connectivity index (χ3n) is 6.39. The van der Waals surface area contributed by atoms with Crippen LogP contribution in [0.2, 0.25) is 5.02 Å². The first-order chi connectivity index (χ1) is 17.4. The van der Waals surface area contributed by atoms with Gasteiger partial charge in [-0.2, -0.15) is 0 Å². The van der Waals surface area contributed by atoms with Crippen LogP contribution in [0.5, 0.6) is 0 Å². The molecule has 1 aliphatic rings. The second-order valence-electron chi connectivity index (χ2n) is 8.84. The lowest BCUT2D eigenvalue weighted by atomic mass is 9.90. The van der Waals surface area contributed by atoms with Gasteiger partial charge in [0.1, 0.15) is 18.5 Å². The number of aryl methyl sites for hydroxylation is 1. The summed E-state index contributed by atoms with van der Waals surface area (Å²) in [7, 11) is 0. The zero-order valence-electron chi connectivity index (χ0n) is 19.2. The van der Waals surface area contributed by atoms with Crippen LogP contribution in [0.25, 0.3) is 16.7 Å². The largest absolute Gasteiger partial charge is 0.340 e. The molecule has 3 aromatic carbocycles. The average molecular weight is 519 g/mol. The van der Waals surface area contributed by atoms with Crippen molar-refractivity contribution in [3.63, 3.8) is 0 Å². The van der Waals surface area contributed by atoms with Crippen molar-refractivity contribution in [1.29, 1.82) is 0 Å². The number of nitrogens with one attached hydrogen (secondary N) is 1. The predicted molar refractivity (Wildman–Crippen MR) is 137 cm³/mol. The van der Waals surface area contributed by atoms with E-state index in [4.69, 9.17) is 16.6 Å². The molecule has 1 N–H and O–H groups in total. The number of halogens is 2. The molecule has 0 saturated carbocycles. The lowest BCUT2D eigenvalue weighted by Gasteiger charge is -2.39. The molecule has 10 heteroatoms. The van der Waals surface area contributed by atoms with Gasteiger partial charge in [0.25, 0.3) is 5.91 Å². The van der Waals surface area contributed by atoms with E-state index in [1.165, 1.54) is 23.9 Å². The summed E-state index contributed by atoms with van der Waals surface area (Å²) >= 11 is 8.07. The number of rotatable bonds is 4. The molecule has 6 rings (SSSR count). The highest BCUT2D eigenvalue weighted by atomic mass is 35.5. The van der Waals surface area contributed by atoms with Crippen LogP contribution < -0.4 is 5.32 Å². The van der Waals surface area contributed by atoms with Gasteiger partial charge in [0, 0.05) is 11.4 Å². The Balaban J connectivity index is 1.40. The van der Waals surface area contributed by atoms with Gasteiger partial charge in [-0.1, -0.05) is 41.6 Å². The van der Waals surface area contributed by atoms with Crippen molar-refractivity contribution in [1.82, 2.24) is 29.6 Å². The van der Waals surface area contributed by atoms with Gasteiger partial charge in [0.2, 0.25) is 0 Å². The maximum Gasteiger partial charge on any atom is 0.253 e. The van der Waals surface area contributed by atoms with Crippen molar-refractivity contribution >= 4 is 40.3 Å². The highest BCUT2D eigenvalue weighted by Crippen LogP contribution is 2.39. The topological polar surface area (TPSA) is 77.6 Å². The van der Waals surface area contributed by atoms with Crippen LogP contribution >= 0.6 is 23.4 Å². The van der Waals surface area contributed by atoms with Gasteiger partial charge in [-0.25, -0.2) is 9.37 Å². The molecule has 1 amide bonds. The summed E-state index contributed by atoms with van der Waals surface area (Å²) in [6.07, 6.45) is 3.11. The van der Waals surface area contributed by atoms with Gasteiger partial charge in [-0.05, 0) is 60.5 Å². The molecule has 0 radical (unpaired) electrons. The van der Waals surface area contributed by atoms with Crippen molar-refractivity contribution < 1.29 is 9.18 Å². The smallest absolute Gasteiger partial charge is 0.253 e. The molecule has 36 heavy (non-hydrogen) atoms. The molecule has 0 aliphatic carbocycles. The standard InChI is InChI=1S/C26H20ClFN6OS/c1-16-5-8-23-22(9-16)31-25-34(23)12-26(13-36-25,17-3-2-4-18(28)10-17)32-24(35)20-7-6-19(11-21(20)27)33-14-29-30-15-33/h2-11,14-15H,12-13H2,1H3,(H,32,35)/t26-/m0/s1. The fourth-order valence-corrected chi connectivity index (χ4v) is 6.01. The van der Waals surface area contributed by atoms with E-state index < -0.39 is 5.54 Å². The van der Waals surface area contributed by atoms with E-state index in [1.807, 2.05) is 31.2 Å². The number of imidazole rings is 1. The lowest BCUT2D eigenvalue weighted by Crippen LogP contribution is -2.52. The maximum absolute atomic E-state index is 14.4. The second kappa shape index (κ2) is 8.76. The van der Waals surface area contributed by atoms with Gasteiger partial charge >= 0.3 is 0 Å². The number of fused-ring (bicyclic) bond motifs is 3. The quantitative estimate of drug-likeness (QED) is 0.356. The Morgan fingerprint density at radius 2 is 1.94 bits per heavy atom. The fraction of sp³-hybridized carbons (Fsp3) is 0.154. The van der Waals surface area contributed by atoms with E-state index in [-0.39, 0.29) is 11.7 Å². The van der Waals surface area contributed by atoms with E-state index in [9.17, 15) is 9.18 Å². The molecule has 180 valence electrons. The summed E-state index contributed by atoms with van der Waals surface area (Å²) in [6, 6.07) is 17.6. The molecule has 0 fully saturated rings. The minimum atomic E-state index is -0.883. The molecule has 0 saturated heterocycles. The summed E-state index contributed by atoms with van der Waals surface area (Å²) in [4.78, 5) is 18.4. The van der Waals surface area contributed by atoms with Crippen LogP contribution in [0, 0.1) is 12.7 Å². The summed E-state index contributed by atoms with van der Waals surface area (Å²) in [5.41, 5.74) is 3.84. The molecule has 2 aromatic heterocycles. The molecule has 0 unspecified atom stereocenters. The molecule has 3 heterocycles. The summed E-state index contributed by atoms with van der Waals surface area (Å²) in [5, 5.41) is 12.0. The van der Waals surface area contributed by atoms with E-state index >= 15 is 0 Å². The molecule has 0 spiro atoms. The number of benzene rings is 3. The molecule has 7 nitrogen and oxygen atoms in total. The number of carbonyl (C=O) groups excluding carboxylic acids is 1. The van der Waals surface area contributed by atoms with Gasteiger partial charge in [-0.3, -0.25) is 9.36 Å². The number of amides is 1. The molecule has 1 atom stereocenters. The van der Waals surface area contributed by atoms with Gasteiger partial charge in [0.05, 0.1) is 33.7 Å². The SMILES string of the molecule is Cc1ccc2c(c1)nc1n2C[C@@](NC(=O)c2ccc(-n3cnnc3)cc2Cl)(c2cccc(F)c2)CS1. The van der Waals surface area contributed by atoms with Crippen LogP contribution in [-0.2, 0) is 12.1 Å². The van der Waals surface area contributed by atoms with Gasteiger partial charge in [-0.15, -0.1) is 10.2 Å². The molecule has 1 aliphatic heterocycles. The minimum Gasteiger partial charge on any atom is -0.340 e. The van der Waals surface area contributed by atoms with Crippen molar-refractivity contribution in [3.05, 3.63) is 101 Å².